The average Bonchev–Trinajstić information content (AvgIpc) is 3.73. The number of rotatable bonds is 25. The minimum atomic E-state index is -4.39. The Hall–Kier alpha value is -5.67. The molecule has 1 saturated carbocycles. The van der Waals surface area contributed by atoms with E-state index in [1.165, 1.54) is 54.6 Å². The van der Waals surface area contributed by atoms with Crippen molar-refractivity contribution in [3.05, 3.63) is 83.7 Å². The number of nitrogens with two attached hydrogens (primary N) is 1. The van der Waals surface area contributed by atoms with Gasteiger partial charge in [-0.25, -0.2) is 18.3 Å². The summed E-state index contributed by atoms with van der Waals surface area (Å²) in [7, 11) is -4.39. The van der Waals surface area contributed by atoms with E-state index in [2.05, 4.69) is 16.0 Å². The Labute approximate surface area is 353 Å². The third-order valence-corrected chi connectivity index (χ3v) is 11.9. The van der Waals surface area contributed by atoms with Crippen LogP contribution in [0.2, 0.25) is 0 Å². The van der Waals surface area contributed by atoms with Crippen molar-refractivity contribution in [1.29, 1.82) is 0 Å². The van der Waals surface area contributed by atoms with Crippen LogP contribution in [0.5, 0.6) is 17.2 Å². The maximum atomic E-state index is 14.1. The van der Waals surface area contributed by atoms with Gasteiger partial charge in [-0.05, 0) is 85.5 Å². The average molecular weight is 873 g/mol. The van der Waals surface area contributed by atoms with Crippen LogP contribution in [0, 0.1) is 12.7 Å². The molecule has 1 atom stereocenters. The number of hydroxylamine groups is 1. The summed E-state index contributed by atoms with van der Waals surface area (Å²) in [6, 6.07) is 14.6. The van der Waals surface area contributed by atoms with Gasteiger partial charge in [0, 0.05) is 45.3 Å². The van der Waals surface area contributed by atoms with Gasteiger partial charge in [-0.3, -0.25) is 29.2 Å². The number of benzene rings is 3. The molecule has 332 valence electrons. The van der Waals surface area contributed by atoms with Crippen LogP contribution in [0.1, 0.15) is 56.1 Å². The number of amides is 5. The van der Waals surface area contributed by atoms with Crippen LogP contribution in [0.4, 0.5) is 4.39 Å². The summed E-state index contributed by atoms with van der Waals surface area (Å²) < 4.78 is 58.9. The van der Waals surface area contributed by atoms with E-state index in [9.17, 15) is 47.1 Å². The number of hydrogen-bond donors (Lipinski definition) is 7. The molecule has 1 unspecified atom stereocenters. The topological polar surface area (TPSA) is 265 Å². The van der Waals surface area contributed by atoms with Gasteiger partial charge in [-0.15, -0.1) is 0 Å². The molecule has 0 saturated heterocycles. The fourth-order valence-electron chi connectivity index (χ4n) is 6.67. The molecule has 3 aromatic rings. The van der Waals surface area contributed by atoms with Crippen molar-refractivity contribution in [2.45, 2.75) is 74.8 Å². The monoisotopic (exact) mass is 872 g/mol. The van der Waals surface area contributed by atoms with E-state index < -0.39 is 51.0 Å². The molecule has 1 aliphatic carbocycles. The predicted octanol–water partition coefficient (Wildman–Crippen LogP) is 2.09. The van der Waals surface area contributed by atoms with Crippen LogP contribution in [-0.4, -0.2) is 110 Å². The number of aryl methyl sites for hydroxylation is 1. The van der Waals surface area contributed by atoms with Crippen molar-refractivity contribution >= 4 is 39.6 Å². The second-order valence-electron chi connectivity index (χ2n) is 14.3. The second-order valence-corrected chi connectivity index (χ2v) is 16.2. The number of nitrogens with one attached hydrogen (secondary N) is 4. The molecule has 3 aromatic carbocycles. The van der Waals surface area contributed by atoms with Crippen molar-refractivity contribution in [3.63, 3.8) is 0 Å². The number of halogens is 1. The minimum absolute atomic E-state index is 0.0204. The van der Waals surface area contributed by atoms with Crippen LogP contribution in [0.25, 0.3) is 0 Å². The number of sulfonamides is 1. The number of carbonyl (C=O) groups excluding carboxylic acids is 5. The summed E-state index contributed by atoms with van der Waals surface area (Å²) in [5.74, 6) is -2.59. The van der Waals surface area contributed by atoms with E-state index in [-0.39, 0.29) is 107 Å². The molecule has 18 nitrogen and oxygen atoms in total. The van der Waals surface area contributed by atoms with E-state index in [4.69, 9.17) is 19.9 Å². The van der Waals surface area contributed by atoms with Crippen molar-refractivity contribution in [1.82, 2.24) is 25.7 Å². The number of nitrogens with zero attached hydrogens (tertiary/aromatic N) is 1. The summed E-state index contributed by atoms with van der Waals surface area (Å²) in [6.45, 7) is 1.85. The Morgan fingerprint density at radius 2 is 1.38 bits per heavy atom. The maximum Gasteiger partial charge on any atom is 0.264 e. The van der Waals surface area contributed by atoms with Gasteiger partial charge in [0.15, 0.2) is 0 Å². The molecule has 1 fully saturated rings. The molecule has 0 bridgehead atoms. The number of phenols is 1. The van der Waals surface area contributed by atoms with Crippen molar-refractivity contribution in [3.8, 4) is 17.2 Å². The highest BCUT2D eigenvalue weighted by molar-refractivity contribution is 7.89. The lowest BCUT2D eigenvalue weighted by Gasteiger charge is -2.38. The third kappa shape index (κ3) is 14.5. The summed E-state index contributed by atoms with van der Waals surface area (Å²) >= 11 is 0. The molecular weight excluding hydrogens is 820 g/mol. The highest BCUT2D eigenvalue weighted by Crippen LogP contribution is 2.39. The van der Waals surface area contributed by atoms with E-state index in [1.807, 2.05) is 0 Å². The van der Waals surface area contributed by atoms with E-state index in [0.29, 0.717) is 24.2 Å². The molecule has 0 radical (unpaired) electrons. The van der Waals surface area contributed by atoms with Crippen LogP contribution >= 0.6 is 0 Å². The van der Waals surface area contributed by atoms with Crippen LogP contribution in [0.15, 0.2) is 71.6 Å². The van der Waals surface area contributed by atoms with Crippen molar-refractivity contribution < 1.29 is 61.3 Å². The van der Waals surface area contributed by atoms with Crippen LogP contribution in [0.3, 0.4) is 0 Å². The van der Waals surface area contributed by atoms with Crippen molar-refractivity contribution in [2.24, 2.45) is 5.73 Å². The first kappa shape index (κ1) is 48.0. The largest absolute Gasteiger partial charge is 0.508 e. The molecular formula is C41H53FN6O12S. The molecule has 8 N–H and O–H groups in total. The molecule has 1 aliphatic rings. The van der Waals surface area contributed by atoms with Gasteiger partial charge in [0.05, 0.1) is 31.3 Å². The first-order valence-corrected chi connectivity index (χ1v) is 21.2. The minimum Gasteiger partial charge on any atom is -0.508 e. The number of primary amides is 1. The smallest absolute Gasteiger partial charge is 0.264 e. The van der Waals surface area contributed by atoms with Gasteiger partial charge in [0.25, 0.3) is 5.91 Å². The molecule has 20 heteroatoms. The van der Waals surface area contributed by atoms with E-state index in [1.54, 1.807) is 24.5 Å². The van der Waals surface area contributed by atoms with Gasteiger partial charge in [0.2, 0.25) is 33.7 Å². The van der Waals surface area contributed by atoms with Crippen LogP contribution in [-0.2, 0) is 49.9 Å². The Bertz CT molecular complexity index is 2070. The lowest BCUT2D eigenvalue weighted by Crippen LogP contribution is -2.59. The summed E-state index contributed by atoms with van der Waals surface area (Å²) in [6.07, 6.45) is 1.13. The maximum absolute atomic E-state index is 14.1. The third-order valence-electron chi connectivity index (χ3n) is 9.90. The Morgan fingerprint density at radius 3 is 1.93 bits per heavy atom. The van der Waals surface area contributed by atoms with Gasteiger partial charge in [-0.2, -0.15) is 4.31 Å². The number of carbonyl (C=O) groups is 5. The fraction of sp³-hybridized carbons (Fsp3) is 0.439. The van der Waals surface area contributed by atoms with Crippen molar-refractivity contribution in [2.75, 3.05) is 46.1 Å². The first-order valence-electron chi connectivity index (χ1n) is 19.7. The Kier molecular flexibility index (Phi) is 18.4. The SMILES string of the molecule is Cc1cc(CC(NC(=O)CCOCCNC(=O)CCOCCNC(=O)CCN(C2(C(=O)NO)CCCC2)S(=O)(=O)c2ccc(Oc3ccc(F)cc3)cc2)C(N)=O)ccc1O. The number of phenolic OH excluding ortho intramolecular Hbond substituents is 1. The molecule has 5 amide bonds. The second kappa shape index (κ2) is 23.4. The molecule has 0 spiro atoms. The highest BCUT2D eigenvalue weighted by Gasteiger charge is 2.51. The molecule has 0 aromatic heterocycles. The van der Waals surface area contributed by atoms with E-state index in [0.717, 1.165) is 9.87 Å². The summed E-state index contributed by atoms with van der Waals surface area (Å²) in [5.41, 5.74) is 6.78. The molecule has 0 heterocycles. The van der Waals surface area contributed by atoms with Crippen LogP contribution < -0.4 is 31.9 Å². The Morgan fingerprint density at radius 1 is 0.820 bits per heavy atom. The summed E-state index contributed by atoms with van der Waals surface area (Å²) in [4.78, 5) is 62.1. The zero-order chi connectivity index (χ0) is 44.4. The highest BCUT2D eigenvalue weighted by atomic mass is 32.2. The summed E-state index contributed by atoms with van der Waals surface area (Å²) in [5, 5.41) is 27.2. The lowest BCUT2D eigenvalue weighted by atomic mass is 9.96. The van der Waals surface area contributed by atoms with Gasteiger partial charge >= 0.3 is 0 Å². The number of aromatic hydroxyl groups is 1. The van der Waals surface area contributed by atoms with Gasteiger partial charge in [-0.1, -0.05) is 25.0 Å². The number of ether oxygens (including phenoxy) is 3. The van der Waals surface area contributed by atoms with E-state index >= 15 is 0 Å². The lowest BCUT2D eigenvalue weighted by molar-refractivity contribution is -0.139. The standard InChI is InChI=1S/C41H53FN6O12S/c1-28-26-29(4-13-35(28)49)27-34(39(43)53)46-38(52)16-23-59-25-20-45-37(51)15-22-58-24-19-44-36(50)14-21-48(41(40(54)47-55)17-2-3-18-41)61(56,57)33-11-9-32(10-12-33)60-31-7-5-30(42)6-8-31/h4-13,26,34,49,55H,2-3,14-25,27H2,1H3,(H2,43,53)(H,44,50)(H,45,51)(H,46,52)(H,47,54). The quantitative estimate of drug-likeness (QED) is 0.0367. The van der Waals surface area contributed by atoms with Gasteiger partial charge in [0.1, 0.15) is 34.6 Å². The molecule has 4 rings (SSSR count). The Balaban J connectivity index is 1.13. The normalized spacial score (nSPS) is 13.9. The zero-order valence-corrected chi connectivity index (χ0v) is 34.6. The zero-order valence-electron chi connectivity index (χ0n) is 33.8. The molecule has 61 heavy (non-hydrogen) atoms. The molecule has 0 aliphatic heterocycles. The number of hydrogen-bond acceptors (Lipinski definition) is 12. The van der Waals surface area contributed by atoms with Gasteiger partial charge < -0.3 is 41.0 Å². The fourth-order valence-corrected chi connectivity index (χ4v) is 8.46. The first-order chi connectivity index (χ1) is 29.1. The predicted molar refractivity (Wildman–Crippen MR) is 217 cm³/mol.